The maximum atomic E-state index is 13.2. The summed E-state index contributed by atoms with van der Waals surface area (Å²) in [6.07, 6.45) is 35.1. The van der Waals surface area contributed by atoms with Crippen LogP contribution in [0.5, 0.6) is 0 Å². The second kappa shape index (κ2) is 44.6. The molecule has 2 fully saturated rings. The smallest absolute Gasteiger partial charge is 0.220 e. The lowest BCUT2D eigenvalue weighted by Crippen LogP contribution is -2.65. The fraction of sp³-hybridized carbons (Fsp3) is 0.914. The van der Waals surface area contributed by atoms with Crippen molar-refractivity contribution in [2.45, 2.75) is 319 Å². The van der Waals surface area contributed by atoms with Gasteiger partial charge in [0.15, 0.2) is 12.6 Å². The first-order valence-electron chi connectivity index (χ1n) is 29.6. The van der Waals surface area contributed by atoms with Crippen molar-refractivity contribution >= 4 is 5.91 Å². The number of nitrogens with one attached hydrogen (secondary N) is 1. The molecule has 2 saturated heterocycles. The van der Waals surface area contributed by atoms with Gasteiger partial charge in [-0.2, -0.15) is 0 Å². The molecule has 2 aliphatic heterocycles. The van der Waals surface area contributed by atoms with E-state index >= 15 is 0 Å². The highest BCUT2D eigenvalue weighted by atomic mass is 16.7. The predicted octanol–water partition coefficient (Wildman–Crippen LogP) is 9.67. The summed E-state index contributed by atoms with van der Waals surface area (Å²) in [5, 5.41) is 87.0. The highest BCUT2D eigenvalue weighted by molar-refractivity contribution is 5.76. The Bertz CT molecular complexity index is 1300. The van der Waals surface area contributed by atoms with Gasteiger partial charge in [0.25, 0.3) is 0 Å². The number of unbranched alkanes of at least 4 members (excludes halogenated alkanes) is 32. The molecule has 14 heteroatoms. The zero-order valence-corrected chi connectivity index (χ0v) is 45.4. The van der Waals surface area contributed by atoms with E-state index in [1.807, 2.05) is 6.08 Å². The molecule has 0 bridgehead atoms. The number of allylic oxidation sites excluding steroid dienone is 3. The average Bonchev–Trinajstić information content (AvgIpc) is 3.38. The summed E-state index contributed by atoms with van der Waals surface area (Å²) in [4.78, 5) is 13.2. The van der Waals surface area contributed by atoms with E-state index in [0.29, 0.717) is 6.42 Å². The molecule has 2 aliphatic rings. The first-order chi connectivity index (χ1) is 35.1. The summed E-state index contributed by atoms with van der Waals surface area (Å²) >= 11 is 0. The van der Waals surface area contributed by atoms with Gasteiger partial charge < -0.3 is 65.1 Å². The van der Waals surface area contributed by atoms with Gasteiger partial charge in [0, 0.05) is 6.42 Å². The number of hydrogen-bond acceptors (Lipinski definition) is 13. The number of ether oxygens (including phenoxy) is 4. The fourth-order valence-electron chi connectivity index (χ4n) is 9.82. The largest absolute Gasteiger partial charge is 0.394 e. The maximum Gasteiger partial charge on any atom is 0.220 e. The van der Waals surface area contributed by atoms with Gasteiger partial charge in [-0.05, 0) is 44.9 Å². The van der Waals surface area contributed by atoms with Crippen LogP contribution < -0.4 is 5.32 Å². The van der Waals surface area contributed by atoms with Gasteiger partial charge in [-0.1, -0.05) is 218 Å². The van der Waals surface area contributed by atoms with Crippen LogP contribution in [-0.4, -0.2) is 140 Å². The number of carbonyl (C=O) groups excluding carboxylic acids is 1. The molecule has 12 atom stereocenters. The molecule has 12 unspecified atom stereocenters. The fourth-order valence-corrected chi connectivity index (χ4v) is 9.82. The summed E-state index contributed by atoms with van der Waals surface area (Å²) in [6, 6.07) is -0.916. The van der Waals surface area contributed by atoms with Crippen molar-refractivity contribution in [2.75, 3.05) is 19.8 Å². The normalized spacial score (nSPS) is 25.7. The van der Waals surface area contributed by atoms with Crippen LogP contribution in [0.15, 0.2) is 24.3 Å². The van der Waals surface area contributed by atoms with Crippen molar-refractivity contribution in [1.29, 1.82) is 0 Å². The molecular weight excluding hydrogens is 919 g/mol. The third kappa shape index (κ3) is 30.3. The standard InChI is InChI=1S/C58H109NO13/c1-3-5-7-9-11-13-15-17-18-19-20-21-22-23-24-25-26-27-28-30-31-33-35-37-39-41-47(62)46(59-50(63)42-40-38-36-34-32-29-16-14-12-10-8-6-4-2)45-69-57-55(68)53(66)56(49(44-61)71-57)72-58-54(67)52(65)51(64)48(43-60)70-58/h14,16,39,41,46-49,51-58,60-62,64-68H,3-13,15,17-38,40,42-45H2,1-2H3,(H,59,63)/b16-14-,41-39+. The lowest BCUT2D eigenvalue weighted by molar-refractivity contribution is -0.359. The minimum atomic E-state index is -1.79. The number of rotatable bonds is 47. The monoisotopic (exact) mass is 1030 g/mol. The molecule has 2 rings (SSSR count). The molecule has 0 aromatic rings. The summed E-state index contributed by atoms with van der Waals surface area (Å²) in [6.45, 7) is 2.79. The number of hydrogen-bond donors (Lipinski definition) is 9. The summed E-state index contributed by atoms with van der Waals surface area (Å²) in [5.74, 6) is -0.247. The van der Waals surface area contributed by atoms with E-state index in [-0.39, 0.29) is 18.9 Å². The van der Waals surface area contributed by atoms with Crippen LogP contribution >= 0.6 is 0 Å². The Kier molecular flexibility index (Phi) is 41.2. The topological polar surface area (TPSA) is 228 Å². The SMILES string of the molecule is CCCCCC/C=C\CCCCCCCC(=O)NC(COC1OC(CO)C(OC2OC(CO)C(O)C(O)C2O)C(O)C1O)C(O)/C=C/CCCCCCCCCCCCCCCCCCCCCCCCC. The second-order valence-corrected chi connectivity index (χ2v) is 21.1. The lowest BCUT2D eigenvalue weighted by Gasteiger charge is -2.46. The molecule has 2 heterocycles. The molecule has 0 spiro atoms. The summed E-state index contributed by atoms with van der Waals surface area (Å²) in [7, 11) is 0. The molecule has 0 saturated carbocycles. The van der Waals surface area contributed by atoms with Crippen LogP contribution in [0.3, 0.4) is 0 Å². The van der Waals surface area contributed by atoms with Crippen molar-refractivity contribution in [2.24, 2.45) is 0 Å². The maximum absolute atomic E-state index is 13.2. The molecule has 1 amide bonds. The van der Waals surface area contributed by atoms with E-state index in [1.165, 1.54) is 161 Å². The minimum absolute atomic E-state index is 0.247. The van der Waals surface area contributed by atoms with Crippen molar-refractivity contribution in [3.05, 3.63) is 24.3 Å². The van der Waals surface area contributed by atoms with E-state index in [0.717, 1.165) is 57.8 Å². The van der Waals surface area contributed by atoms with Crippen LogP contribution in [0.4, 0.5) is 0 Å². The Morgan fingerprint density at radius 1 is 0.486 bits per heavy atom. The summed E-state index contributed by atoms with van der Waals surface area (Å²) < 4.78 is 22.7. The van der Waals surface area contributed by atoms with E-state index in [4.69, 9.17) is 18.9 Å². The molecule has 0 aromatic carbocycles. The quantitative estimate of drug-likeness (QED) is 0.0205. The van der Waals surface area contributed by atoms with E-state index in [2.05, 4.69) is 31.3 Å². The number of aliphatic hydroxyl groups is 8. The summed E-state index contributed by atoms with van der Waals surface area (Å²) in [5.41, 5.74) is 0. The Labute approximate surface area is 437 Å². The van der Waals surface area contributed by atoms with Gasteiger partial charge in [-0.15, -0.1) is 0 Å². The Morgan fingerprint density at radius 2 is 0.875 bits per heavy atom. The van der Waals surface area contributed by atoms with Crippen LogP contribution in [0, 0.1) is 0 Å². The van der Waals surface area contributed by atoms with Crippen molar-refractivity contribution in [3.8, 4) is 0 Å². The number of aliphatic hydroxyl groups excluding tert-OH is 8. The van der Waals surface area contributed by atoms with E-state index < -0.39 is 86.8 Å². The zero-order valence-electron chi connectivity index (χ0n) is 45.4. The van der Waals surface area contributed by atoms with E-state index in [9.17, 15) is 45.6 Å². The number of carbonyl (C=O) groups is 1. The van der Waals surface area contributed by atoms with Crippen molar-refractivity contribution < 1.29 is 64.6 Å². The molecule has 72 heavy (non-hydrogen) atoms. The lowest BCUT2D eigenvalue weighted by atomic mass is 9.97. The average molecular weight is 1030 g/mol. The Hall–Kier alpha value is -1.53. The molecule has 9 N–H and O–H groups in total. The molecule has 0 aromatic heterocycles. The Morgan fingerprint density at radius 3 is 1.33 bits per heavy atom. The van der Waals surface area contributed by atoms with Crippen LogP contribution in [0.25, 0.3) is 0 Å². The first-order valence-corrected chi connectivity index (χ1v) is 29.6. The molecule has 424 valence electrons. The molecule has 14 nitrogen and oxygen atoms in total. The third-order valence-corrected chi connectivity index (χ3v) is 14.6. The van der Waals surface area contributed by atoms with Gasteiger partial charge in [-0.25, -0.2) is 0 Å². The predicted molar refractivity (Wildman–Crippen MR) is 286 cm³/mol. The van der Waals surface area contributed by atoms with Gasteiger partial charge in [0.05, 0.1) is 32.0 Å². The molecule has 0 radical (unpaired) electrons. The van der Waals surface area contributed by atoms with Crippen molar-refractivity contribution in [3.63, 3.8) is 0 Å². The zero-order chi connectivity index (χ0) is 52.4. The van der Waals surface area contributed by atoms with E-state index in [1.54, 1.807) is 6.08 Å². The van der Waals surface area contributed by atoms with Gasteiger partial charge in [0.2, 0.25) is 5.91 Å². The Balaban J connectivity index is 1.74. The van der Waals surface area contributed by atoms with Gasteiger partial charge in [-0.3, -0.25) is 4.79 Å². The van der Waals surface area contributed by atoms with Crippen molar-refractivity contribution in [1.82, 2.24) is 5.32 Å². The second-order valence-electron chi connectivity index (χ2n) is 21.1. The highest BCUT2D eigenvalue weighted by Gasteiger charge is 2.51. The third-order valence-electron chi connectivity index (χ3n) is 14.6. The molecule has 0 aliphatic carbocycles. The van der Waals surface area contributed by atoms with Crippen LogP contribution in [0.1, 0.15) is 245 Å². The number of amides is 1. The van der Waals surface area contributed by atoms with Crippen LogP contribution in [0.2, 0.25) is 0 Å². The minimum Gasteiger partial charge on any atom is -0.394 e. The van der Waals surface area contributed by atoms with Gasteiger partial charge in [0.1, 0.15) is 48.8 Å². The van der Waals surface area contributed by atoms with Crippen LogP contribution in [-0.2, 0) is 23.7 Å². The van der Waals surface area contributed by atoms with Gasteiger partial charge >= 0.3 is 0 Å². The highest BCUT2D eigenvalue weighted by Crippen LogP contribution is 2.30. The molecular formula is C58H109NO13. The first kappa shape index (κ1) is 66.6.